The van der Waals surface area contributed by atoms with Gasteiger partial charge in [0.25, 0.3) is 0 Å². The minimum atomic E-state index is -0.435. The molecule has 0 atom stereocenters. The molecule has 0 spiro atoms. The third-order valence-corrected chi connectivity index (χ3v) is 4.94. The third-order valence-electron chi connectivity index (χ3n) is 4.94. The van der Waals surface area contributed by atoms with E-state index in [1.807, 2.05) is 38.1 Å². The van der Waals surface area contributed by atoms with Crippen LogP contribution in [0, 0.1) is 13.8 Å². The average Bonchev–Trinajstić information content (AvgIpc) is 2.96. The molecule has 1 aromatic heterocycles. The highest BCUT2D eigenvalue weighted by atomic mass is 16.5. The fourth-order valence-corrected chi connectivity index (χ4v) is 3.38. The van der Waals surface area contributed by atoms with Gasteiger partial charge in [-0.15, -0.1) is 0 Å². The number of methoxy groups -OCH3 is 2. The summed E-state index contributed by atoms with van der Waals surface area (Å²) in [6.45, 7) is 4.41. The largest absolute Gasteiger partial charge is 0.503 e. The van der Waals surface area contributed by atoms with Crippen LogP contribution in [0.5, 0.6) is 17.4 Å². The molecule has 6 nitrogen and oxygen atoms in total. The first-order valence-corrected chi connectivity index (χ1v) is 9.28. The van der Waals surface area contributed by atoms with Crippen molar-refractivity contribution in [2.75, 3.05) is 20.8 Å². The smallest absolute Gasteiger partial charge is 0.235 e. The number of aromatic nitrogens is 1. The summed E-state index contributed by atoms with van der Waals surface area (Å²) in [6.07, 6.45) is 0. The van der Waals surface area contributed by atoms with Gasteiger partial charge in [0.15, 0.2) is 11.5 Å². The number of hydrogen-bond donors (Lipinski definition) is 2. The van der Waals surface area contributed by atoms with Gasteiger partial charge in [-0.25, -0.2) is 0 Å². The Bertz CT molecular complexity index is 1030. The third kappa shape index (κ3) is 3.84. The predicted molar refractivity (Wildman–Crippen MR) is 111 cm³/mol. The molecule has 0 fully saturated rings. The Kier molecular flexibility index (Phi) is 5.94. The Morgan fingerprint density at radius 2 is 1.72 bits per heavy atom. The van der Waals surface area contributed by atoms with Crippen LogP contribution in [0.15, 0.2) is 42.5 Å². The highest BCUT2D eigenvalue weighted by Crippen LogP contribution is 2.42. The number of ether oxygens (including phenoxy) is 2. The number of aryl methyl sites for hydroxylation is 2. The molecule has 0 aliphatic carbocycles. The van der Waals surface area contributed by atoms with E-state index in [0.29, 0.717) is 23.6 Å². The van der Waals surface area contributed by atoms with Crippen molar-refractivity contribution in [1.29, 1.82) is 0 Å². The maximum absolute atomic E-state index is 13.4. The lowest BCUT2D eigenvalue weighted by Gasteiger charge is -2.12. The maximum atomic E-state index is 13.4. The summed E-state index contributed by atoms with van der Waals surface area (Å²) < 4.78 is 11.9. The molecule has 1 heterocycles. The predicted octanol–water partition coefficient (Wildman–Crippen LogP) is 4.07. The lowest BCUT2D eigenvalue weighted by molar-refractivity contribution is 0.103. The number of ketones is 1. The topological polar surface area (TPSA) is 80.9 Å². The maximum Gasteiger partial charge on any atom is 0.235 e. The molecule has 3 rings (SSSR count). The summed E-state index contributed by atoms with van der Waals surface area (Å²) in [5, 5.41) is 21.2. The van der Waals surface area contributed by atoms with Crippen molar-refractivity contribution in [2.45, 2.75) is 20.4 Å². The number of rotatable bonds is 7. The fourth-order valence-electron chi connectivity index (χ4n) is 3.38. The number of hydrogen-bond acceptors (Lipinski definition) is 5. The molecule has 0 aliphatic rings. The lowest BCUT2D eigenvalue weighted by atomic mass is 9.97. The molecule has 0 saturated heterocycles. The summed E-state index contributed by atoms with van der Waals surface area (Å²) in [5.74, 6) is -0.498. The van der Waals surface area contributed by atoms with Gasteiger partial charge in [-0.1, -0.05) is 29.8 Å². The van der Waals surface area contributed by atoms with E-state index in [2.05, 4.69) is 0 Å². The Labute approximate surface area is 169 Å². The zero-order valence-corrected chi connectivity index (χ0v) is 17.0. The molecule has 6 heteroatoms. The average molecular weight is 395 g/mol. The van der Waals surface area contributed by atoms with E-state index in [4.69, 9.17) is 9.47 Å². The molecule has 2 aromatic carbocycles. The molecule has 0 amide bonds. The van der Waals surface area contributed by atoms with E-state index in [-0.39, 0.29) is 23.8 Å². The minimum Gasteiger partial charge on any atom is -0.503 e. The van der Waals surface area contributed by atoms with Crippen LogP contribution in [-0.4, -0.2) is 41.4 Å². The van der Waals surface area contributed by atoms with Gasteiger partial charge >= 0.3 is 0 Å². The van der Waals surface area contributed by atoms with Gasteiger partial charge in [-0.3, -0.25) is 4.79 Å². The van der Waals surface area contributed by atoms with Crippen LogP contribution < -0.4 is 4.74 Å². The number of aromatic hydroxyl groups is 2. The molecule has 3 aromatic rings. The second-order valence-corrected chi connectivity index (χ2v) is 6.92. The molecule has 29 heavy (non-hydrogen) atoms. The van der Waals surface area contributed by atoms with Crippen LogP contribution in [0.2, 0.25) is 0 Å². The van der Waals surface area contributed by atoms with Crippen molar-refractivity contribution < 1.29 is 24.5 Å². The second-order valence-electron chi connectivity index (χ2n) is 6.92. The van der Waals surface area contributed by atoms with Crippen LogP contribution in [0.25, 0.3) is 11.3 Å². The van der Waals surface area contributed by atoms with E-state index in [0.717, 1.165) is 16.7 Å². The summed E-state index contributed by atoms with van der Waals surface area (Å²) in [4.78, 5) is 13.4. The first-order chi connectivity index (χ1) is 13.9. The monoisotopic (exact) mass is 395 g/mol. The second kappa shape index (κ2) is 8.41. The van der Waals surface area contributed by atoms with Gasteiger partial charge in [0, 0.05) is 19.2 Å². The van der Waals surface area contributed by atoms with Crippen molar-refractivity contribution in [2.24, 2.45) is 0 Å². The zero-order valence-electron chi connectivity index (χ0n) is 17.0. The van der Waals surface area contributed by atoms with Gasteiger partial charge in [0.05, 0.1) is 25.0 Å². The Morgan fingerprint density at radius 1 is 1.03 bits per heavy atom. The molecule has 152 valence electrons. The number of carbonyl (C=O) groups is 1. The van der Waals surface area contributed by atoms with E-state index in [1.54, 1.807) is 32.4 Å². The minimum absolute atomic E-state index is 0.0621. The summed E-state index contributed by atoms with van der Waals surface area (Å²) in [6, 6.07) is 12.6. The Hall–Kier alpha value is -3.25. The molecule has 0 aliphatic heterocycles. The molecule has 0 saturated carbocycles. The van der Waals surface area contributed by atoms with Gasteiger partial charge in [-0.05, 0) is 43.2 Å². The first kappa shape index (κ1) is 20.5. The highest BCUT2D eigenvalue weighted by molar-refractivity contribution is 6.15. The van der Waals surface area contributed by atoms with Crippen molar-refractivity contribution in [3.63, 3.8) is 0 Å². The van der Waals surface area contributed by atoms with Crippen LogP contribution in [0.1, 0.15) is 27.0 Å². The Morgan fingerprint density at radius 3 is 2.31 bits per heavy atom. The highest BCUT2D eigenvalue weighted by Gasteiger charge is 2.29. The Balaban J connectivity index is 2.20. The van der Waals surface area contributed by atoms with Crippen LogP contribution >= 0.6 is 0 Å². The summed E-state index contributed by atoms with van der Waals surface area (Å²) in [5.41, 5.74) is 3.50. The number of carbonyl (C=O) groups excluding carboxylic acids is 1. The lowest BCUT2D eigenvalue weighted by Crippen LogP contribution is -2.08. The van der Waals surface area contributed by atoms with Crippen LogP contribution in [0.4, 0.5) is 0 Å². The zero-order chi connectivity index (χ0) is 21.1. The summed E-state index contributed by atoms with van der Waals surface area (Å²) in [7, 11) is 3.12. The van der Waals surface area contributed by atoms with Crippen LogP contribution in [-0.2, 0) is 11.3 Å². The van der Waals surface area contributed by atoms with Crippen molar-refractivity contribution in [1.82, 2.24) is 4.57 Å². The molecule has 2 N–H and O–H groups in total. The normalized spacial score (nSPS) is 10.9. The van der Waals surface area contributed by atoms with Crippen molar-refractivity contribution >= 4 is 5.78 Å². The molecular weight excluding hydrogens is 370 g/mol. The molecular formula is C23H25NO5. The van der Waals surface area contributed by atoms with Crippen LogP contribution in [0.3, 0.4) is 0 Å². The standard InChI is InChI=1S/C23H25NO5/c1-14-5-7-16(8-6-14)20-19(22(26)23(27)24(20)11-12-28-3)21(25)17-9-10-18(29-4)15(2)13-17/h5-10,13,26-27H,11-12H2,1-4H3. The number of benzene rings is 2. The first-order valence-electron chi connectivity index (χ1n) is 9.28. The van der Waals surface area contributed by atoms with Crippen molar-refractivity contribution in [3.8, 4) is 28.6 Å². The van der Waals surface area contributed by atoms with Crippen molar-refractivity contribution in [3.05, 3.63) is 64.7 Å². The van der Waals surface area contributed by atoms with Gasteiger partial charge in [0.1, 0.15) is 5.75 Å². The molecule has 0 radical (unpaired) electrons. The van der Waals surface area contributed by atoms with E-state index in [1.165, 1.54) is 4.57 Å². The fraction of sp³-hybridized carbons (Fsp3) is 0.261. The quantitative estimate of drug-likeness (QED) is 0.590. The molecule has 0 bridgehead atoms. The van der Waals surface area contributed by atoms with Gasteiger partial charge < -0.3 is 24.3 Å². The molecule has 0 unspecified atom stereocenters. The van der Waals surface area contributed by atoms with E-state index >= 15 is 0 Å². The van der Waals surface area contributed by atoms with E-state index < -0.39 is 5.75 Å². The summed E-state index contributed by atoms with van der Waals surface area (Å²) >= 11 is 0. The SMILES string of the molecule is COCCn1c(O)c(O)c(C(=O)c2ccc(OC)c(C)c2)c1-c1ccc(C)cc1. The van der Waals surface area contributed by atoms with Gasteiger partial charge in [-0.2, -0.15) is 0 Å². The number of nitrogens with zero attached hydrogens (tertiary/aromatic N) is 1. The van der Waals surface area contributed by atoms with E-state index in [9.17, 15) is 15.0 Å². The van der Waals surface area contributed by atoms with Gasteiger partial charge in [0.2, 0.25) is 5.88 Å².